The molecule has 1 N–H and O–H groups in total. The number of rotatable bonds is 2. The van der Waals surface area contributed by atoms with Gasteiger partial charge in [0.2, 0.25) is 5.91 Å². The maximum atomic E-state index is 13.4. The van der Waals surface area contributed by atoms with Gasteiger partial charge in [-0.1, -0.05) is 13.0 Å². The fraction of sp³-hybridized carbons (Fsp3) is 0.357. The Kier molecular flexibility index (Phi) is 3.23. The number of amides is 1. The van der Waals surface area contributed by atoms with Crippen LogP contribution in [0.2, 0.25) is 0 Å². The molecule has 1 aromatic carbocycles. The van der Waals surface area contributed by atoms with Gasteiger partial charge in [0, 0.05) is 0 Å². The Hall–Kier alpha value is -2.40. The first-order valence-electron chi connectivity index (χ1n) is 5.94. The lowest BCUT2D eigenvalue weighted by Gasteiger charge is -2.39. The summed E-state index contributed by atoms with van der Waals surface area (Å²) in [7, 11) is 0. The van der Waals surface area contributed by atoms with Gasteiger partial charge in [0.05, 0.1) is 11.8 Å². The Morgan fingerprint density at radius 2 is 2.16 bits per heavy atom. The van der Waals surface area contributed by atoms with Crippen LogP contribution in [-0.4, -0.2) is 5.91 Å². The van der Waals surface area contributed by atoms with Gasteiger partial charge in [-0.25, -0.2) is 4.39 Å². The highest BCUT2D eigenvalue weighted by Crippen LogP contribution is 2.45. The second-order valence-electron chi connectivity index (χ2n) is 4.94. The molecule has 0 unspecified atom stereocenters. The molecule has 19 heavy (non-hydrogen) atoms. The third-order valence-corrected chi connectivity index (χ3v) is 3.42. The fourth-order valence-electron chi connectivity index (χ4n) is 2.44. The summed E-state index contributed by atoms with van der Waals surface area (Å²) in [5.41, 5.74) is -1.14. The molecule has 4 nitrogen and oxygen atoms in total. The first-order chi connectivity index (χ1) is 9.02. The Balaban J connectivity index is 2.24. The van der Waals surface area contributed by atoms with E-state index in [2.05, 4.69) is 5.32 Å². The SMILES string of the molecule is CC1CC(C#N)(C(=O)Nc2cccc(F)c2C#N)C1. The summed E-state index contributed by atoms with van der Waals surface area (Å²) in [5.74, 6) is -0.822. The lowest BCUT2D eigenvalue weighted by molar-refractivity contribution is -0.128. The minimum atomic E-state index is -1.04. The predicted molar refractivity (Wildman–Crippen MR) is 66.2 cm³/mol. The van der Waals surface area contributed by atoms with Gasteiger partial charge >= 0.3 is 0 Å². The average molecular weight is 257 g/mol. The molecule has 2 rings (SSSR count). The maximum absolute atomic E-state index is 13.4. The number of benzene rings is 1. The van der Waals surface area contributed by atoms with Crippen molar-refractivity contribution in [3.8, 4) is 12.1 Å². The van der Waals surface area contributed by atoms with Crippen LogP contribution in [-0.2, 0) is 4.79 Å². The topological polar surface area (TPSA) is 76.7 Å². The maximum Gasteiger partial charge on any atom is 0.244 e. The van der Waals surface area contributed by atoms with E-state index in [0.717, 1.165) is 6.07 Å². The smallest absolute Gasteiger partial charge is 0.244 e. The minimum absolute atomic E-state index is 0.113. The van der Waals surface area contributed by atoms with Gasteiger partial charge in [-0.3, -0.25) is 4.79 Å². The van der Waals surface area contributed by atoms with Crippen LogP contribution < -0.4 is 5.32 Å². The summed E-state index contributed by atoms with van der Waals surface area (Å²) in [6.07, 6.45) is 0.985. The highest BCUT2D eigenvalue weighted by molar-refractivity contribution is 5.98. The summed E-state index contributed by atoms with van der Waals surface area (Å²) >= 11 is 0. The van der Waals surface area contributed by atoms with Crippen LogP contribution in [0.15, 0.2) is 18.2 Å². The van der Waals surface area contributed by atoms with Crippen LogP contribution in [0.3, 0.4) is 0 Å². The number of carbonyl (C=O) groups is 1. The summed E-state index contributed by atoms with van der Waals surface area (Å²) in [6.45, 7) is 1.96. The number of carbonyl (C=O) groups excluding carboxylic acids is 1. The molecule has 1 aliphatic rings. The van der Waals surface area contributed by atoms with Crippen molar-refractivity contribution in [1.29, 1.82) is 10.5 Å². The number of hydrogen-bond acceptors (Lipinski definition) is 3. The van der Waals surface area contributed by atoms with E-state index in [9.17, 15) is 9.18 Å². The molecular formula is C14H12FN3O. The molecule has 5 heteroatoms. The zero-order chi connectivity index (χ0) is 14.0. The van der Waals surface area contributed by atoms with Gasteiger partial charge in [0.25, 0.3) is 0 Å². The van der Waals surface area contributed by atoms with Crippen LogP contribution in [0.4, 0.5) is 10.1 Å². The van der Waals surface area contributed by atoms with Crippen LogP contribution in [0, 0.1) is 39.8 Å². The van der Waals surface area contributed by atoms with Crippen molar-refractivity contribution in [3.63, 3.8) is 0 Å². The molecule has 1 amide bonds. The molecule has 0 spiro atoms. The number of anilines is 1. The molecule has 1 aromatic rings. The second kappa shape index (κ2) is 4.70. The average Bonchev–Trinajstić information content (AvgIpc) is 2.35. The van der Waals surface area contributed by atoms with E-state index in [4.69, 9.17) is 10.5 Å². The second-order valence-corrected chi connectivity index (χ2v) is 4.94. The van der Waals surface area contributed by atoms with Crippen LogP contribution in [0.1, 0.15) is 25.3 Å². The molecule has 0 bridgehead atoms. The quantitative estimate of drug-likeness (QED) is 0.884. The van der Waals surface area contributed by atoms with Crippen molar-refractivity contribution in [1.82, 2.24) is 0 Å². The van der Waals surface area contributed by atoms with Crippen molar-refractivity contribution < 1.29 is 9.18 Å². The molecule has 0 aliphatic heterocycles. The monoisotopic (exact) mass is 257 g/mol. The lowest BCUT2D eigenvalue weighted by atomic mass is 9.63. The zero-order valence-electron chi connectivity index (χ0n) is 10.4. The first-order valence-corrected chi connectivity index (χ1v) is 5.94. The van der Waals surface area contributed by atoms with Crippen molar-refractivity contribution in [2.45, 2.75) is 19.8 Å². The Morgan fingerprint density at radius 3 is 2.68 bits per heavy atom. The highest BCUT2D eigenvalue weighted by atomic mass is 19.1. The molecule has 0 atom stereocenters. The van der Waals surface area contributed by atoms with Crippen molar-refractivity contribution in [2.24, 2.45) is 11.3 Å². The van der Waals surface area contributed by atoms with Gasteiger partial charge in [0.1, 0.15) is 22.9 Å². The summed E-state index contributed by atoms with van der Waals surface area (Å²) in [5, 5.41) is 20.5. The van der Waals surface area contributed by atoms with Gasteiger partial charge in [-0.05, 0) is 30.9 Å². The number of nitriles is 2. The molecule has 1 saturated carbocycles. The lowest BCUT2D eigenvalue weighted by Crippen LogP contribution is -2.45. The normalized spacial score (nSPS) is 24.7. The number of halogens is 1. The van der Waals surface area contributed by atoms with E-state index in [-0.39, 0.29) is 11.3 Å². The summed E-state index contributed by atoms with van der Waals surface area (Å²) in [4.78, 5) is 12.1. The van der Waals surface area contributed by atoms with Crippen LogP contribution in [0.25, 0.3) is 0 Å². The third-order valence-electron chi connectivity index (χ3n) is 3.42. The van der Waals surface area contributed by atoms with Crippen molar-refractivity contribution >= 4 is 11.6 Å². The van der Waals surface area contributed by atoms with Crippen molar-refractivity contribution in [2.75, 3.05) is 5.32 Å². The Labute approximate surface area is 110 Å². The van der Waals surface area contributed by atoms with E-state index in [1.807, 2.05) is 13.0 Å². The first kappa shape index (κ1) is 13.0. The van der Waals surface area contributed by atoms with E-state index in [1.165, 1.54) is 12.1 Å². The Bertz CT molecular complexity index is 606. The fourth-order valence-corrected chi connectivity index (χ4v) is 2.44. The molecule has 0 radical (unpaired) electrons. The van der Waals surface area contributed by atoms with E-state index >= 15 is 0 Å². The molecule has 1 aliphatic carbocycles. The van der Waals surface area contributed by atoms with Gasteiger partial charge < -0.3 is 5.32 Å². The molecule has 0 heterocycles. The van der Waals surface area contributed by atoms with Gasteiger partial charge in [-0.2, -0.15) is 10.5 Å². The molecule has 1 fully saturated rings. The highest BCUT2D eigenvalue weighted by Gasteiger charge is 2.49. The molecule has 0 aromatic heterocycles. The summed E-state index contributed by atoms with van der Waals surface area (Å²) in [6, 6.07) is 7.75. The number of nitrogens with zero attached hydrogens (tertiary/aromatic N) is 2. The number of nitrogens with one attached hydrogen (secondary N) is 1. The van der Waals surface area contributed by atoms with Gasteiger partial charge in [-0.15, -0.1) is 0 Å². The van der Waals surface area contributed by atoms with E-state index in [1.54, 1.807) is 6.07 Å². The molecule has 0 saturated heterocycles. The molecule has 96 valence electrons. The standard InChI is InChI=1S/C14H12FN3O/c1-9-5-14(6-9,8-17)13(19)18-12-4-2-3-11(15)10(12)7-16/h2-4,9H,5-6H2,1H3,(H,18,19). The van der Waals surface area contributed by atoms with Crippen LogP contribution in [0.5, 0.6) is 0 Å². The predicted octanol–water partition coefficient (Wildman–Crippen LogP) is 2.58. The number of hydrogen-bond donors (Lipinski definition) is 1. The minimum Gasteiger partial charge on any atom is -0.323 e. The molecular weight excluding hydrogens is 245 g/mol. The van der Waals surface area contributed by atoms with E-state index < -0.39 is 17.1 Å². The zero-order valence-corrected chi connectivity index (χ0v) is 10.4. The Morgan fingerprint density at radius 1 is 1.47 bits per heavy atom. The largest absolute Gasteiger partial charge is 0.323 e. The van der Waals surface area contributed by atoms with Crippen LogP contribution >= 0.6 is 0 Å². The van der Waals surface area contributed by atoms with E-state index in [0.29, 0.717) is 18.8 Å². The van der Waals surface area contributed by atoms with Crippen molar-refractivity contribution in [3.05, 3.63) is 29.6 Å². The van der Waals surface area contributed by atoms with Gasteiger partial charge in [0.15, 0.2) is 0 Å². The summed E-state index contributed by atoms with van der Waals surface area (Å²) < 4.78 is 13.4. The third kappa shape index (κ3) is 2.15.